The number of nitrogens with zero attached hydrogens (tertiary/aromatic N) is 3. The van der Waals surface area contributed by atoms with E-state index in [1.165, 1.54) is 5.56 Å². The predicted molar refractivity (Wildman–Crippen MR) is 144 cm³/mol. The molecule has 3 fully saturated rings. The maximum Gasteiger partial charge on any atom is 0.223 e. The number of carbonyl (C=O) groups excluding carboxylic acids is 1. The van der Waals surface area contributed by atoms with Crippen LogP contribution in [0.3, 0.4) is 0 Å². The van der Waals surface area contributed by atoms with Crippen LogP contribution >= 0.6 is 0 Å². The number of aromatic nitrogens is 2. The van der Waals surface area contributed by atoms with Crippen LogP contribution in [0.1, 0.15) is 31.2 Å². The number of phenolic OH excluding ortho intramolecular Hbond substituents is 1. The number of carbonyl (C=O) groups is 1. The standard InChI is InChI=1S/C30H35N5O2/c36-27-9-5-4-8-25(27)26-16-24(19-33-34-26)35-14-12-30(13-15-35,23-6-2-1-3-7-23)20-32-29(37)28-21-10-11-22(28)18-31-17-21/h1-9,16,19,21-22,28,31,36H,10-15,17-18,20H2,(H,32,37). The Balaban J connectivity index is 1.18. The van der Waals surface area contributed by atoms with Gasteiger partial charge in [0.05, 0.1) is 17.6 Å². The molecule has 3 aliphatic rings. The molecule has 3 aromatic rings. The Labute approximate surface area is 218 Å². The van der Waals surface area contributed by atoms with Crippen molar-refractivity contribution < 1.29 is 9.90 Å². The van der Waals surface area contributed by atoms with Crippen molar-refractivity contribution in [3.8, 4) is 17.0 Å². The van der Waals surface area contributed by atoms with Gasteiger partial charge in [0, 0.05) is 36.5 Å². The van der Waals surface area contributed by atoms with Crippen molar-refractivity contribution in [1.82, 2.24) is 20.8 Å². The summed E-state index contributed by atoms with van der Waals surface area (Å²) in [4.78, 5) is 15.7. The quantitative estimate of drug-likeness (QED) is 0.481. The molecule has 6 rings (SSSR count). The highest BCUT2D eigenvalue weighted by Gasteiger charge is 2.44. The fourth-order valence-corrected chi connectivity index (χ4v) is 6.79. The van der Waals surface area contributed by atoms with Crippen molar-refractivity contribution in [2.24, 2.45) is 17.8 Å². The Morgan fingerprint density at radius 2 is 1.73 bits per heavy atom. The minimum absolute atomic E-state index is 0.0969. The van der Waals surface area contributed by atoms with Gasteiger partial charge in [-0.1, -0.05) is 42.5 Å². The minimum atomic E-state index is -0.0969. The van der Waals surface area contributed by atoms with Gasteiger partial charge < -0.3 is 20.6 Å². The second kappa shape index (κ2) is 10.1. The maximum absolute atomic E-state index is 13.4. The average molecular weight is 498 g/mol. The van der Waals surface area contributed by atoms with Crippen molar-refractivity contribution in [3.63, 3.8) is 0 Å². The Morgan fingerprint density at radius 3 is 2.46 bits per heavy atom. The van der Waals surface area contributed by atoms with Gasteiger partial charge in [0.25, 0.3) is 0 Å². The number of amides is 1. The first kappa shape index (κ1) is 23.9. The first-order valence-corrected chi connectivity index (χ1v) is 13.5. The normalized spacial score (nSPS) is 24.5. The first-order valence-electron chi connectivity index (χ1n) is 13.5. The molecular weight excluding hydrogens is 462 g/mol. The minimum Gasteiger partial charge on any atom is -0.507 e. The molecular formula is C30H35N5O2. The Morgan fingerprint density at radius 1 is 1.03 bits per heavy atom. The van der Waals surface area contributed by atoms with Gasteiger partial charge in [0.2, 0.25) is 5.91 Å². The number of piperidine rings is 2. The topological polar surface area (TPSA) is 90.4 Å². The van der Waals surface area contributed by atoms with Crippen LogP contribution in [0.4, 0.5) is 5.69 Å². The largest absolute Gasteiger partial charge is 0.507 e. The molecule has 1 aromatic heterocycles. The molecule has 1 aliphatic carbocycles. The fourth-order valence-electron chi connectivity index (χ4n) is 6.79. The predicted octanol–water partition coefficient (Wildman–Crippen LogP) is 3.75. The zero-order chi connectivity index (χ0) is 25.2. The van der Waals surface area contributed by atoms with E-state index in [-0.39, 0.29) is 23.0 Å². The van der Waals surface area contributed by atoms with Gasteiger partial charge in [-0.2, -0.15) is 10.2 Å². The van der Waals surface area contributed by atoms with E-state index in [9.17, 15) is 9.90 Å². The first-order chi connectivity index (χ1) is 18.1. The molecule has 3 N–H and O–H groups in total. The monoisotopic (exact) mass is 497 g/mol. The summed E-state index contributed by atoms with van der Waals surface area (Å²) in [6.07, 6.45) is 6.00. The number of benzene rings is 2. The van der Waals surface area contributed by atoms with E-state index in [2.05, 4.69) is 56.1 Å². The van der Waals surface area contributed by atoms with Crippen LogP contribution < -0.4 is 15.5 Å². The molecule has 0 radical (unpaired) electrons. The van der Waals surface area contributed by atoms with Gasteiger partial charge in [0.1, 0.15) is 5.75 Å². The molecule has 192 valence electrons. The van der Waals surface area contributed by atoms with Crippen LogP contribution in [0.25, 0.3) is 11.3 Å². The summed E-state index contributed by atoms with van der Waals surface area (Å²) < 4.78 is 0. The highest BCUT2D eigenvalue weighted by Crippen LogP contribution is 2.41. The van der Waals surface area contributed by atoms with E-state index in [1.54, 1.807) is 18.3 Å². The Hall–Kier alpha value is -3.45. The molecule has 0 spiro atoms. The Bertz CT molecular complexity index is 1230. The zero-order valence-electron chi connectivity index (χ0n) is 21.1. The molecule has 2 aliphatic heterocycles. The third-order valence-electron chi connectivity index (χ3n) is 8.93. The van der Waals surface area contributed by atoms with E-state index < -0.39 is 0 Å². The molecule has 2 bridgehead atoms. The summed E-state index contributed by atoms with van der Waals surface area (Å²) in [7, 11) is 0. The van der Waals surface area contributed by atoms with Gasteiger partial charge in [-0.25, -0.2) is 0 Å². The zero-order valence-corrected chi connectivity index (χ0v) is 21.1. The van der Waals surface area contributed by atoms with Gasteiger partial charge in [-0.3, -0.25) is 4.79 Å². The van der Waals surface area contributed by atoms with Crippen LogP contribution in [0.2, 0.25) is 0 Å². The van der Waals surface area contributed by atoms with Crippen molar-refractivity contribution in [1.29, 1.82) is 0 Å². The lowest BCUT2D eigenvalue weighted by atomic mass is 9.72. The third-order valence-corrected chi connectivity index (χ3v) is 8.93. The van der Waals surface area contributed by atoms with E-state index in [4.69, 9.17) is 0 Å². The van der Waals surface area contributed by atoms with Gasteiger partial charge in [-0.05, 0) is 74.4 Å². The lowest BCUT2D eigenvalue weighted by Crippen LogP contribution is -2.52. The number of rotatable bonds is 6. The number of para-hydroxylation sites is 1. The number of fused-ring (bicyclic) bond motifs is 2. The third kappa shape index (κ3) is 4.68. The molecule has 2 atom stereocenters. The molecule has 37 heavy (non-hydrogen) atoms. The number of nitrogens with one attached hydrogen (secondary N) is 2. The van der Waals surface area contributed by atoms with E-state index in [0.29, 0.717) is 29.6 Å². The summed E-state index contributed by atoms with van der Waals surface area (Å²) in [6.45, 7) is 4.32. The molecule has 7 nitrogen and oxygen atoms in total. The van der Waals surface area contributed by atoms with Crippen LogP contribution in [0, 0.1) is 17.8 Å². The number of phenols is 1. The molecule has 2 saturated heterocycles. The lowest BCUT2D eigenvalue weighted by molar-refractivity contribution is -0.128. The van der Waals surface area contributed by atoms with Crippen LogP contribution in [-0.2, 0) is 10.2 Å². The highest BCUT2D eigenvalue weighted by atomic mass is 16.3. The van der Waals surface area contributed by atoms with Crippen molar-refractivity contribution in [2.75, 3.05) is 37.6 Å². The van der Waals surface area contributed by atoms with Crippen molar-refractivity contribution in [2.45, 2.75) is 31.1 Å². The van der Waals surface area contributed by atoms with E-state index in [1.807, 2.05) is 18.2 Å². The van der Waals surface area contributed by atoms with Gasteiger partial charge in [0.15, 0.2) is 0 Å². The Kier molecular flexibility index (Phi) is 6.55. The summed E-state index contributed by atoms with van der Waals surface area (Å²) in [6, 6.07) is 19.9. The van der Waals surface area contributed by atoms with Crippen LogP contribution in [0.5, 0.6) is 5.75 Å². The number of aromatic hydroxyl groups is 1. The number of hydrogen-bond donors (Lipinski definition) is 3. The fraction of sp³-hybridized carbons (Fsp3) is 0.433. The van der Waals surface area contributed by atoms with Gasteiger partial charge >= 0.3 is 0 Å². The lowest BCUT2D eigenvalue weighted by Gasteiger charge is -2.43. The van der Waals surface area contributed by atoms with Gasteiger partial charge in [-0.15, -0.1) is 0 Å². The average Bonchev–Trinajstić information content (AvgIpc) is 3.21. The van der Waals surface area contributed by atoms with Crippen LogP contribution in [-0.4, -0.2) is 53.9 Å². The van der Waals surface area contributed by atoms with Crippen molar-refractivity contribution in [3.05, 3.63) is 72.4 Å². The summed E-state index contributed by atoms with van der Waals surface area (Å²) >= 11 is 0. The smallest absolute Gasteiger partial charge is 0.223 e. The maximum atomic E-state index is 13.4. The molecule has 2 unspecified atom stereocenters. The summed E-state index contributed by atoms with van der Waals surface area (Å²) in [5.74, 6) is 1.56. The molecule has 2 aromatic carbocycles. The van der Waals surface area contributed by atoms with Crippen molar-refractivity contribution >= 4 is 11.6 Å². The van der Waals surface area contributed by atoms with E-state index in [0.717, 1.165) is 57.5 Å². The summed E-state index contributed by atoms with van der Waals surface area (Å²) in [5.41, 5.74) is 3.55. The summed E-state index contributed by atoms with van der Waals surface area (Å²) in [5, 5.41) is 25.7. The molecule has 1 amide bonds. The molecule has 7 heteroatoms. The van der Waals surface area contributed by atoms with E-state index >= 15 is 0 Å². The molecule has 1 saturated carbocycles. The molecule has 3 heterocycles. The highest BCUT2D eigenvalue weighted by molar-refractivity contribution is 5.80. The second-order valence-corrected chi connectivity index (χ2v) is 10.9. The van der Waals surface area contributed by atoms with Crippen LogP contribution in [0.15, 0.2) is 66.9 Å². The number of anilines is 1. The number of hydrogen-bond acceptors (Lipinski definition) is 6. The SMILES string of the molecule is O=C(NCC1(c2ccccc2)CCN(c2cnnc(-c3ccccc3O)c2)CC1)C1C2CCC1CNC2. The second-order valence-electron chi connectivity index (χ2n) is 10.9.